The van der Waals surface area contributed by atoms with E-state index in [1.807, 2.05) is 12.1 Å². The first-order valence-electron chi connectivity index (χ1n) is 10.2. The molecule has 2 aromatic rings. The Morgan fingerprint density at radius 1 is 1.23 bits per heavy atom. The summed E-state index contributed by atoms with van der Waals surface area (Å²) in [4.78, 5) is 16.3. The first-order chi connectivity index (χ1) is 14.5. The standard InChI is InChI=1S/C21H25N5O3S/c1-14-11-28-9-8-26(14)20-10-19(25-30(2,27)15-12-29-13-15)23-21(24-20)17-6-7-22-18-5-3-4-16(17)18/h3-4,6-7,10,14-15H,5,8-9,11-13H2,1-2H3/t14-,30?/m1/s1. The summed E-state index contributed by atoms with van der Waals surface area (Å²) < 4.78 is 28.6. The number of ether oxygens (including phenoxy) is 2. The number of hydrogen-bond donors (Lipinski definition) is 0. The van der Waals surface area contributed by atoms with E-state index < -0.39 is 9.73 Å². The van der Waals surface area contributed by atoms with Gasteiger partial charge in [0.25, 0.3) is 0 Å². The van der Waals surface area contributed by atoms with Gasteiger partial charge in [-0.05, 0) is 13.0 Å². The van der Waals surface area contributed by atoms with Crippen molar-refractivity contribution in [3.63, 3.8) is 0 Å². The van der Waals surface area contributed by atoms with Gasteiger partial charge in [0, 0.05) is 42.6 Å². The molecule has 5 rings (SSSR count). The molecule has 2 saturated heterocycles. The summed E-state index contributed by atoms with van der Waals surface area (Å²) in [5.74, 6) is 1.80. The third-order valence-electron chi connectivity index (χ3n) is 5.77. The third kappa shape index (κ3) is 3.61. The van der Waals surface area contributed by atoms with Gasteiger partial charge in [-0.25, -0.2) is 14.2 Å². The van der Waals surface area contributed by atoms with E-state index >= 15 is 0 Å². The van der Waals surface area contributed by atoms with Crippen LogP contribution in [0.1, 0.15) is 18.2 Å². The number of rotatable bonds is 4. The number of allylic oxidation sites excluding steroid dienone is 1. The Hall–Kier alpha value is -2.36. The monoisotopic (exact) mass is 427 g/mol. The van der Waals surface area contributed by atoms with E-state index in [9.17, 15) is 4.21 Å². The lowest BCUT2D eigenvalue weighted by Crippen LogP contribution is -2.44. The van der Waals surface area contributed by atoms with E-state index in [-0.39, 0.29) is 11.3 Å². The second-order valence-electron chi connectivity index (χ2n) is 7.96. The smallest absolute Gasteiger partial charge is 0.167 e. The highest BCUT2D eigenvalue weighted by molar-refractivity contribution is 7.93. The van der Waals surface area contributed by atoms with Gasteiger partial charge < -0.3 is 14.4 Å². The summed E-state index contributed by atoms with van der Waals surface area (Å²) in [7, 11) is -2.46. The number of aromatic nitrogens is 3. The van der Waals surface area contributed by atoms with Gasteiger partial charge in [0.1, 0.15) is 5.82 Å². The molecule has 158 valence electrons. The van der Waals surface area contributed by atoms with Crippen LogP contribution >= 0.6 is 0 Å². The van der Waals surface area contributed by atoms with Crippen molar-refractivity contribution >= 4 is 27.4 Å². The molecule has 3 aliphatic rings. The van der Waals surface area contributed by atoms with E-state index in [4.69, 9.17) is 19.4 Å². The summed E-state index contributed by atoms with van der Waals surface area (Å²) in [5.41, 5.74) is 2.98. The minimum atomic E-state index is -2.46. The van der Waals surface area contributed by atoms with Crippen molar-refractivity contribution in [3.8, 4) is 11.4 Å². The highest BCUT2D eigenvalue weighted by atomic mass is 32.2. The fourth-order valence-corrected chi connectivity index (χ4v) is 5.19. The first-order valence-corrected chi connectivity index (χ1v) is 12.2. The highest BCUT2D eigenvalue weighted by Crippen LogP contribution is 2.32. The zero-order chi connectivity index (χ0) is 20.7. The summed E-state index contributed by atoms with van der Waals surface area (Å²) in [5, 5.41) is -0.0604. The molecular weight excluding hydrogens is 402 g/mol. The first kappa shape index (κ1) is 19.6. The summed E-state index contributed by atoms with van der Waals surface area (Å²) in [6.45, 7) is 5.10. The molecule has 0 spiro atoms. The van der Waals surface area contributed by atoms with E-state index in [1.54, 1.807) is 12.5 Å². The number of morpholine rings is 1. The van der Waals surface area contributed by atoms with Crippen LogP contribution < -0.4 is 4.90 Å². The van der Waals surface area contributed by atoms with Crippen molar-refractivity contribution < 1.29 is 13.7 Å². The molecule has 4 heterocycles. The molecule has 0 amide bonds. The quantitative estimate of drug-likeness (QED) is 0.740. The number of pyridine rings is 1. The molecule has 2 atom stereocenters. The Balaban J connectivity index is 1.64. The zero-order valence-corrected chi connectivity index (χ0v) is 18.0. The molecule has 2 fully saturated rings. The van der Waals surface area contributed by atoms with Crippen molar-refractivity contribution in [1.29, 1.82) is 0 Å². The van der Waals surface area contributed by atoms with Crippen LogP contribution in [0.15, 0.2) is 28.8 Å². The average Bonchev–Trinajstić information content (AvgIpc) is 3.14. The van der Waals surface area contributed by atoms with Gasteiger partial charge in [-0.3, -0.25) is 4.98 Å². The Labute approximate surface area is 176 Å². The van der Waals surface area contributed by atoms with Crippen LogP contribution in [0.2, 0.25) is 0 Å². The van der Waals surface area contributed by atoms with Crippen LogP contribution in [0.3, 0.4) is 0 Å². The second-order valence-corrected chi connectivity index (χ2v) is 10.5. The topological polar surface area (TPSA) is 89.8 Å². The molecule has 0 N–H and O–H groups in total. The van der Waals surface area contributed by atoms with Gasteiger partial charge in [0.15, 0.2) is 11.6 Å². The Kier molecular flexibility index (Phi) is 5.04. The fraction of sp³-hybridized carbons (Fsp3) is 0.476. The number of hydrogen-bond acceptors (Lipinski definition) is 8. The SMILES string of the molecule is C[C@@H]1COCCN1c1cc(N=S(C)(=O)C2COC2)nc(-c2ccnc3c2C=CC3)n1. The van der Waals surface area contributed by atoms with Crippen molar-refractivity contribution in [2.45, 2.75) is 24.6 Å². The summed E-state index contributed by atoms with van der Waals surface area (Å²) in [6, 6.07) is 3.96. The highest BCUT2D eigenvalue weighted by Gasteiger charge is 2.28. The van der Waals surface area contributed by atoms with E-state index in [2.05, 4.69) is 33.3 Å². The van der Waals surface area contributed by atoms with Crippen LogP contribution in [0.5, 0.6) is 0 Å². The fourth-order valence-electron chi connectivity index (χ4n) is 3.88. The molecule has 30 heavy (non-hydrogen) atoms. The van der Waals surface area contributed by atoms with Gasteiger partial charge in [0.2, 0.25) is 0 Å². The average molecular weight is 428 g/mol. The summed E-state index contributed by atoms with van der Waals surface area (Å²) >= 11 is 0. The van der Waals surface area contributed by atoms with Crippen LogP contribution in [0.25, 0.3) is 17.5 Å². The van der Waals surface area contributed by atoms with E-state index in [1.165, 1.54) is 0 Å². The van der Waals surface area contributed by atoms with Crippen molar-refractivity contribution in [2.75, 3.05) is 44.1 Å². The lowest BCUT2D eigenvalue weighted by Gasteiger charge is -2.34. The van der Waals surface area contributed by atoms with E-state index in [0.29, 0.717) is 38.1 Å². The van der Waals surface area contributed by atoms with Crippen LogP contribution in [0, 0.1) is 0 Å². The number of nitrogens with zero attached hydrogens (tertiary/aromatic N) is 5. The summed E-state index contributed by atoms with van der Waals surface area (Å²) in [6.07, 6.45) is 8.45. The minimum Gasteiger partial charge on any atom is -0.379 e. The lowest BCUT2D eigenvalue weighted by molar-refractivity contribution is 0.0431. The maximum atomic E-state index is 13.2. The van der Waals surface area contributed by atoms with Gasteiger partial charge >= 0.3 is 0 Å². The molecule has 8 nitrogen and oxygen atoms in total. The minimum absolute atomic E-state index is 0.0604. The largest absolute Gasteiger partial charge is 0.379 e. The van der Waals surface area contributed by atoms with Crippen molar-refractivity contribution in [2.24, 2.45) is 4.36 Å². The van der Waals surface area contributed by atoms with Crippen molar-refractivity contribution in [3.05, 3.63) is 35.7 Å². The molecule has 1 unspecified atom stereocenters. The van der Waals surface area contributed by atoms with Crippen molar-refractivity contribution in [1.82, 2.24) is 15.0 Å². The molecule has 2 aliphatic heterocycles. The molecule has 0 radical (unpaired) electrons. The zero-order valence-electron chi connectivity index (χ0n) is 17.2. The molecule has 9 heteroatoms. The second kappa shape index (κ2) is 7.72. The Morgan fingerprint density at radius 2 is 2.10 bits per heavy atom. The van der Waals surface area contributed by atoms with Gasteiger partial charge in [0.05, 0.1) is 53.1 Å². The van der Waals surface area contributed by atoms with Gasteiger partial charge in [-0.15, -0.1) is 0 Å². The molecular formula is C21H25N5O3S. The lowest BCUT2D eigenvalue weighted by atomic mass is 10.1. The van der Waals surface area contributed by atoms with Gasteiger partial charge in [-0.1, -0.05) is 12.2 Å². The van der Waals surface area contributed by atoms with E-state index in [0.717, 1.165) is 35.6 Å². The Bertz CT molecular complexity index is 1120. The molecule has 0 bridgehead atoms. The molecule has 1 aliphatic carbocycles. The van der Waals surface area contributed by atoms with Crippen LogP contribution in [0.4, 0.5) is 11.6 Å². The van der Waals surface area contributed by atoms with Crippen LogP contribution in [-0.4, -0.2) is 69.7 Å². The van der Waals surface area contributed by atoms with Crippen LogP contribution in [-0.2, 0) is 25.6 Å². The van der Waals surface area contributed by atoms with Gasteiger partial charge in [-0.2, -0.15) is 4.36 Å². The maximum Gasteiger partial charge on any atom is 0.167 e. The number of fused-ring (bicyclic) bond motifs is 1. The third-order valence-corrected chi connectivity index (χ3v) is 7.83. The normalized spacial score (nSPS) is 23.0. The predicted molar refractivity (Wildman–Crippen MR) is 116 cm³/mol. The molecule has 2 aromatic heterocycles. The maximum absolute atomic E-state index is 13.2. The molecule has 0 saturated carbocycles. The predicted octanol–water partition coefficient (Wildman–Crippen LogP) is 2.46. The number of anilines is 1. The molecule has 0 aromatic carbocycles. The Morgan fingerprint density at radius 3 is 2.87 bits per heavy atom.